The van der Waals surface area contributed by atoms with Crippen molar-refractivity contribution < 1.29 is 29.0 Å². The molecule has 12 heteroatoms. The van der Waals surface area contributed by atoms with Crippen molar-refractivity contribution in [2.45, 2.75) is 56.6 Å². The van der Waals surface area contributed by atoms with Crippen LogP contribution in [-0.2, 0) is 25.7 Å². The molecular weight excluding hydrogens is 601 g/mol. The number of esters is 1. The number of unbranched alkanes of at least 4 members (excludes halogenated alkanes) is 1. The van der Waals surface area contributed by atoms with Crippen LogP contribution in [0, 0.1) is 11.8 Å². The van der Waals surface area contributed by atoms with Crippen LogP contribution in [0.2, 0.25) is 0 Å². The van der Waals surface area contributed by atoms with Gasteiger partial charge in [0, 0.05) is 29.4 Å². The summed E-state index contributed by atoms with van der Waals surface area (Å²) in [6.07, 6.45) is 3.26. The van der Waals surface area contributed by atoms with Gasteiger partial charge in [-0.1, -0.05) is 48.9 Å². The standard InChI is InChI=1S/C30H41N3O6S.2ClH/c1-2-38-29(36)24(23-15-18-33(19-16-23)30(37)39-20-22-10-4-3-5-11-22)12-8-9-17-32-26(28(34)35)21-40-27-14-7-6-13-25(27)31;;/h3-7,10-11,13-14,23-24,26,32H,2,8-9,12,15-21,31H2,1H3,(H,34,35);2*1H/t24?,26-;;/m0../s1. The molecule has 0 radical (unpaired) electrons. The molecule has 1 fully saturated rings. The number of carbonyl (C=O) groups excluding carboxylic acids is 2. The number of carboxylic acids is 1. The number of ether oxygens (including phenoxy) is 2. The molecule has 42 heavy (non-hydrogen) atoms. The number of thioether (sulfide) groups is 1. The van der Waals surface area contributed by atoms with Crippen LogP contribution in [0.4, 0.5) is 10.5 Å². The maximum Gasteiger partial charge on any atom is 0.410 e. The number of likely N-dealkylation sites (tertiary alicyclic amines) is 1. The first-order chi connectivity index (χ1) is 19.4. The van der Waals surface area contributed by atoms with E-state index in [0.29, 0.717) is 56.9 Å². The van der Waals surface area contributed by atoms with Crippen molar-refractivity contribution in [2.24, 2.45) is 11.8 Å². The molecule has 234 valence electrons. The highest BCUT2D eigenvalue weighted by Crippen LogP contribution is 2.30. The normalized spacial score (nSPS) is 14.5. The van der Waals surface area contributed by atoms with E-state index in [1.807, 2.05) is 48.5 Å². The number of amides is 1. The lowest BCUT2D eigenvalue weighted by molar-refractivity contribution is -0.151. The van der Waals surface area contributed by atoms with Crippen LogP contribution in [0.25, 0.3) is 0 Å². The molecule has 4 N–H and O–H groups in total. The van der Waals surface area contributed by atoms with Gasteiger partial charge in [-0.25, -0.2) is 4.79 Å². The monoisotopic (exact) mass is 643 g/mol. The number of nitrogens with two attached hydrogens (primary N) is 1. The predicted octanol–water partition coefficient (Wildman–Crippen LogP) is 5.65. The van der Waals surface area contributed by atoms with E-state index in [0.717, 1.165) is 23.3 Å². The summed E-state index contributed by atoms with van der Waals surface area (Å²) >= 11 is 1.42. The minimum atomic E-state index is -0.902. The molecule has 0 bridgehead atoms. The number of hydrogen-bond donors (Lipinski definition) is 3. The molecule has 1 amide bonds. The number of halogens is 2. The van der Waals surface area contributed by atoms with Gasteiger partial charge in [0.1, 0.15) is 12.6 Å². The minimum Gasteiger partial charge on any atom is -0.480 e. The van der Waals surface area contributed by atoms with E-state index in [1.54, 1.807) is 17.9 Å². The largest absolute Gasteiger partial charge is 0.480 e. The van der Waals surface area contributed by atoms with Crippen LogP contribution in [0.3, 0.4) is 0 Å². The number of nitrogen functional groups attached to an aromatic ring is 1. The van der Waals surface area contributed by atoms with Crippen molar-refractivity contribution in [1.82, 2.24) is 10.2 Å². The van der Waals surface area contributed by atoms with Crippen LogP contribution in [-0.4, -0.2) is 66.1 Å². The Labute approximate surface area is 265 Å². The lowest BCUT2D eigenvalue weighted by atomic mass is 9.81. The van der Waals surface area contributed by atoms with Gasteiger partial charge in [-0.15, -0.1) is 36.6 Å². The lowest BCUT2D eigenvalue weighted by Crippen LogP contribution is -2.42. The summed E-state index contributed by atoms with van der Waals surface area (Å²) in [5.74, 6) is -0.846. The van der Waals surface area contributed by atoms with Gasteiger partial charge < -0.3 is 30.5 Å². The molecule has 3 rings (SSSR count). The van der Waals surface area contributed by atoms with E-state index in [4.69, 9.17) is 15.2 Å². The van der Waals surface area contributed by atoms with Crippen molar-refractivity contribution >= 4 is 60.3 Å². The van der Waals surface area contributed by atoms with E-state index < -0.39 is 12.0 Å². The molecule has 0 saturated carbocycles. The molecule has 0 aromatic heterocycles. The number of anilines is 1. The Balaban J connectivity index is 0.00000441. The van der Waals surface area contributed by atoms with Crippen LogP contribution < -0.4 is 11.1 Å². The first kappa shape index (κ1) is 37.4. The first-order valence-corrected chi connectivity index (χ1v) is 14.9. The number of nitrogens with zero attached hydrogens (tertiary/aromatic N) is 1. The van der Waals surface area contributed by atoms with Gasteiger partial charge in [-0.3, -0.25) is 9.59 Å². The fraction of sp³-hybridized carbons (Fsp3) is 0.500. The van der Waals surface area contributed by atoms with E-state index in [2.05, 4.69) is 5.32 Å². The molecule has 2 atom stereocenters. The van der Waals surface area contributed by atoms with Crippen LogP contribution >= 0.6 is 36.6 Å². The molecule has 1 saturated heterocycles. The second-order valence-corrected chi connectivity index (χ2v) is 11.0. The lowest BCUT2D eigenvalue weighted by Gasteiger charge is -2.34. The summed E-state index contributed by atoms with van der Waals surface area (Å²) in [4.78, 5) is 39.6. The number of aliphatic carboxylic acids is 1. The maximum atomic E-state index is 12.8. The quantitative estimate of drug-likeness (QED) is 0.0975. The van der Waals surface area contributed by atoms with Gasteiger partial charge in [0.15, 0.2) is 0 Å². The smallest absolute Gasteiger partial charge is 0.410 e. The Bertz CT molecular complexity index is 1090. The molecule has 1 aliphatic rings. The Morgan fingerprint density at radius 2 is 1.69 bits per heavy atom. The summed E-state index contributed by atoms with van der Waals surface area (Å²) in [5.41, 5.74) is 7.54. The molecule has 2 aromatic carbocycles. The van der Waals surface area contributed by atoms with Crippen LogP contribution in [0.1, 0.15) is 44.6 Å². The Morgan fingerprint density at radius 1 is 1.02 bits per heavy atom. The number of benzene rings is 2. The zero-order valence-corrected chi connectivity index (χ0v) is 26.4. The molecule has 1 aliphatic heterocycles. The summed E-state index contributed by atoms with van der Waals surface area (Å²) in [5, 5.41) is 12.7. The third kappa shape index (κ3) is 12.3. The zero-order chi connectivity index (χ0) is 28.7. The zero-order valence-electron chi connectivity index (χ0n) is 23.9. The number of para-hydroxylation sites is 1. The van der Waals surface area contributed by atoms with Gasteiger partial charge in [0.05, 0.1) is 12.5 Å². The van der Waals surface area contributed by atoms with E-state index in [1.165, 1.54) is 11.8 Å². The molecule has 9 nitrogen and oxygen atoms in total. The van der Waals surface area contributed by atoms with E-state index >= 15 is 0 Å². The molecular formula is C30H43Cl2N3O6S. The highest BCUT2D eigenvalue weighted by atomic mass is 35.5. The fourth-order valence-electron chi connectivity index (χ4n) is 4.86. The Kier molecular flexibility index (Phi) is 18.0. The maximum absolute atomic E-state index is 12.8. The van der Waals surface area contributed by atoms with Gasteiger partial charge in [-0.2, -0.15) is 0 Å². The van der Waals surface area contributed by atoms with Gasteiger partial charge in [0.25, 0.3) is 0 Å². The van der Waals surface area contributed by atoms with E-state index in [-0.39, 0.29) is 55.3 Å². The summed E-state index contributed by atoms with van der Waals surface area (Å²) < 4.78 is 10.8. The average molecular weight is 645 g/mol. The van der Waals surface area contributed by atoms with Crippen molar-refractivity contribution in [1.29, 1.82) is 0 Å². The first-order valence-electron chi connectivity index (χ1n) is 13.9. The van der Waals surface area contributed by atoms with Gasteiger partial charge >= 0.3 is 18.0 Å². The number of piperidine rings is 1. The highest BCUT2D eigenvalue weighted by molar-refractivity contribution is 7.99. The third-order valence-electron chi connectivity index (χ3n) is 7.12. The Hall–Kier alpha value is -2.66. The van der Waals surface area contributed by atoms with Gasteiger partial charge in [0.2, 0.25) is 0 Å². The molecule has 2 aromatic rings. The van der Waals surface area contributed by atoms with Crippen molar-refractivity contribution in [3.8, 4) is 0 Å². The molecule has 1 heterocycles. The molecule has 1 unspecified atom stereocenters. The third-order valence-corrected chi connectivity index (χ3v) is 8.30. The summed E-state index contributed by atoms with van der Waals surface area (Å²) in [6.45, 7) is 3.98. The SMILES string of the molecule is CCOC(=O)C(CCCCN[C@@H](CSc1ccccc1N)C(=O)O)C1CCN(C(=O)OCc2ccccc2)CC1.Cl.Cl. The average Bonchev–Trinajstić information content (AvgIpc) is 2.96. The number of carboxylic acid groups (broad SMARTS) is 1. The summed E-state index contributed by atoms with van der Waals surface area (Å²) in [7, 11) is 0. The number of hydrogen-bond acceptors (Lipinski definition) is 8. The van der Waals surface area contributed by atoms with Crippen molar-refractivity contribution in [2.75, 3.05) is 37.7 Å². The number of carbonyl (C=O) groups is 3. The number of nitrogens with one attached hydrogen (secondary N) is 1. The Morgan fingerprint density at radius 3 is 2.33 bits per heavy atom. The number of rotatable bonds is 15. The van der Waals surface area contributed by atoms with Gasteiger partial charge in [-0.05, 0) is 62.8 Å². The molecule has 0 aliphatic carbocycles. The van der Waals surface area contributed by atoms with Crippen molar-refractivity contribution in [3.63, 3.8) is 0 Å². The second-order valence-electron chi connectivity index (χ2n) is 9.91. The minimum absolute atomic E-state index is 0. The van der Waals surface area contributed by atoms with Crippen LogP contribution in [0.15, 0.2) is 59.5 Å². The van der Waals surface area contributed by atoms with Crippen LogP contribution in [0.5, 0.6) is 0 Å². The second kappa shape index (κ2) is 20.3. The predicted molar refractivity (Wildman–Crippen MR) is 170 cm³/mol. The van der Waals surface area contributed by atoms with E-state index in [9.17, 15) is 19.5 Å². The highest BCUT2D eigenvalue weighted by Gasteiger charge is 2.33. The summed E-state index contributed by atoms with van der Waals surface area (Å²) in [6, 6.07) is 16.3. The fourth-order valence-corrected chi connectivity index (χ4v) is 5.87. The topological polar surface area (TPSA) is 131 Å². The molecule has 0 spiro atoms. The van der Waals surface area contributed by atoms with Crippen molar-refractivity contribution in [3.05, 3.63) is 60.2 Å².